The van der Waals surface area contributed by atoms with E-state index in [2.05, 4.69) is 43.8 Å². The Kier molecular flexibility index (Phi) is 6.05. The summed E-state index contributed by atoms with van der Waals surface area (Å²) in [7, 11) is 0. The molecule has 0 heterocycles. The lowest BCUT2D eigenvalue weighted by Gasteiger charge is -2.10. The van der Waals surface area contributed by atoms with Crippen LogP contribution in [0.5, 0.6) is 5.75 Å². The number of hydrogen-bond donors (Lipinski definition) is 1. The van der Waals surface area contributed by atoms with E-state index in [0.717, 1.165) is 19.4 Å². The van der Waals surface area contributed by atoms with Crippen molar-refractivity contribution in [3.8, 4) is 5.75 Å². The van der Waals surface area contributed by atoms with Gasteiger partial charge in [0, 0.05) is 8.04 Å². The summed E-state index contributed by atoms with van der Waals surface area (Å²) in [6.45, 7) is 2.91. The van der Waals surface area contributed by atoms with Crippen molar-refractivity contribution in [3.63, 3.8) is 0 Å². The molecule has 0 atom stereocenters. The smallest absolute Gasteiger partial charge is 0.252 e. The molecule has 0 saturated heterocycles. The van der Waals surface area contributed by atoms with Crippen molar-refractivity contribution in [2.24, 2.45) is 0 Å². The van der Waals surface area contributed by atoms with Crippen LogP contribution in [0.3, 0.4) is 0 Å². The maximum absolute atomic E-state index is 12.1. The maximum atomic E-state index is 12.1. The zero-order chi connectivity index (χ0) is 15.2. The molecule has 110 valence electrons. The third-order valence-corrected chi connectivity index (χ3v) is 4.35. The number of para-hydroxylation sites is 1. The number of halogens is 2. The molecule has 0 aliphatic carbocycles. The summed E-state index contributed by atoms with van der Waals surface area (Å²) in [4.78, 5) is 12.1. The van der Waals surface area contributed by atoms with Gasteiger partial charge in [-0.1, -0.05) is 34.1 Å². The Hall–Kier alpha value is -1.08. The highest BCUT2D eigenvalue weighted by molar-refractivity contribution is 14.1. The number of nitrogens with one attached hydrogen (secondary N) is 1. The van der Waals surface area contributed by atoms with E-state index in [1.54, 1.807) is 0 Å². The first kappa shape index (κ1) is 16.3. The third kappa shape index (κ3) is 4.71. The van der Waals surface area contributed by atoms with E-state index in [1.807, 2.05) is 49.4 Å². The van der Waals surface area contributed by atoms with Crippen LogP contribution in [0.25, 0.3) is 0 Å². The molecule has 5 heteroatoms. The van der Waals surface area contributed by atoms with Crippen LogP contribution >= 0.6 is 38.5 Å². The molecule has 0 fully saturated rings. The molecule has 0 saturated carbocycles. The van der Waals surface area contributed by atoms with E-state index >= 15 is 0 Å². The molecule has 21 heavy (non-hydrogen) atoms. The van der Waals surface area contributed by atoms with Gasteiger partial charge in [-0.25, -0.2) is 0 Å². The van der Waals surface area contributed by atoms with E-state index in [1.165, 1.54) is 0 Å². The van der Waals surface area contributed by atoms with Crippen LogP contribution in [-0.2, 0) is 0 Å². The lowest BCUT2D eigenvalue weighted by molar-refractivity contribution is 0.0946. The Balaban J connectivity index is 1.85. The second-order valence-corrected chi connectivity index (χ2v) is 6.57. The normalized spacial score (nSPS) is 10.2. The van der Waals surface area contributed by atoms with Gasteiger partial charge < -0.3 is 10.1 Å². The lowest BCUT2D eigenvalue weighted by Crippen LogP contribution is -2.28. The van der Waals surface area contributed by atoms with Crippen LogP contribution in [0.1, 0.15) is 15.9 Å². The van der Waals surface area contributed by atoms with Gasteiger partial charge in [-0.3, -0.25) is 4.79 Å². The molecule has 0 unspecified atom stereocenters. The van der Waals surface area contributed by atoms with Gasteiger partial charge in [-0.15, -0.1) is 0 Å². The molecule has 0 radical (unpaired) electrons. The van der Waals surface area contributed by atoms with Gasteiger partial charge in [0.1, 0.15) is 12.4 Å². The largest absolute Gasteiger partial charge is 0.491 e. The molecule has 0 bridgehead atoms. The minimum Gasteiger partial charge on any atom is -0.491 e. The van der Waals surface area contributed by atoms with Gasteiger partial charge in [0.25, 0.3) is 5.91 Å². The van der Waals surface area contributed by atoms with Crippen molar-refractivity contribution in [2.45, 2.75) is 6.92 Å². The lowest BCUT2D eigenvalue weighted by atomic mass is 10.2. The van der Waals surface area contributed by atoms with E-state index in [4.69, 9.17) is 4.74 Å². The minimum absolute atomic E-state index is 0.0888. The average Bonchev–Trinajstić information content (AvgIpc) is 2.47. The van der Waals surface area contributed by atoms with Crippen molar-refractivity contribution >= 4 is 44.4 Å². The molecular formula is C16H15BrINO2. The summed E-state index contributed by atoms with van der Waals surface area (Å²) < 4.78 is 7.47. The highest BCUT2D eigenvalue weighted by Crippen LogP contribution is 2.18. The summed E-state index contributed by atoms with van der Waals surface area (Å²) in [5.74, 6) is 0.762. The quantitative estimate of drug-likeness (QED) is 0.538. The first-order chi connectivity index (χ1) is 10.1. The standard InChI is InChI=1S/C16H15BrINO2/c1-11-4-2-3-5-15(11)21-9-8-19-16(20)13-10-12(17)6-7-14(13)18/h2-7,10H,8-9H2,1H3,(H,19,20). The fourth-order valence-electron chi connectivity index (χ4n) is 1.81. The van der Waals surface area contributed by atoms with E-state index < -0.39 is 0 Å². The van der Waals surface area contributed by atoms with Crippen molar-refractivity contribution in [2.75, 3.05) is 13.2 Å². The number of amides is 1. The van der Waals surface area contributed by atoms with E-state index in [0.29, 0.717) is 18.7 Å². The first-order valence-electron chi connectivity index (χ1n) is 6.49. The Morgan fingerprint density at radius 1 is 1.29 bits per heavy atom. The summed E-state index contributed by atoms with van der Waals surface area (Å²) >= 11 is 5.53. The second kappa shape index (κ2) is 7.79. The van der Waals surface area contributed by atoms with Crippen LogP contribution in [0.15, 0.2) is 46.9 Å². The summed E-state index contributed by atoms with van der Waals surface area (Å²) in [5.41, 5.74) is 1.76. The van der Waals surface area contributed by atoms with Gasteiger partial charge in [-0.05, 0) is 59.3 Å². The molecule has 0 aliphatic heterocycles. The minimum atomic E-state index is -0.0888. The van der Waals surface area contributed by atoms with Crippen molar-refractivity contribution < 1.29 is 9.53 Å². The predicted molar refractivity (Wildman–Crippen MR) is 95.9 cm³/mol. The maximum Gasteiger partial charge on any atom is 0.252 e. The number of carbonyl (C=O) groups is 1. The summed E-state index contributed by atoms with van der Waals surface area (Å²) in [5, 5.41) is 2.87. The van der Waals surface area contributed by atoms with Crippen LogP contribution < -0.4 is 10.1 Å². The Labute approximate surface area is 146 Å². The van der Waals surface area contributed by atoms with E-state index in [-0.39, 0.29) is 5.91 Å². The monoisotopic (exact) mass is 459 g/mol. The van der Waals surface area contributed by atoms with Gasteiger partial charge in [0.2, 0.25) is 0 Å². The average molecular weight is 460 g/mol. The molecule has 1 amide bonds. The van der Waals surface area contributed by atoms with Crippen LogP contribution in [0.4, 0.5) is 0 Å². The number of hydrogen-bond acceptors (Lipinski definition) is 2. The van der Waals surface area contributed by atoms with Crippen LogP contribution in [0.2, 0.25) is 0 Å². The van der Waals surface area contributed by atoms with Gasteiger partial charge in [0.15, 0.2) is 0 Å². The summed E-state index contributed by atoms with van der Waals surface area (Å²) in [6, 6.07) is 13.5. The van der Waals surface area contributed by atoms with E-state index in [9.17, 15) is 4.79 Å². The number of ether oxygens (including phenoxy) is 1. The fraction of sp³-hybridized carbons (Fsp3) is 0.188. The predicted octanol–water partition coefficient (Wildman–Crippen LogP) is 4.17. The highest BCUT2D eigenvalue weighted by Gasteiger charge is 2.09. The zero-order valence-corrected chi connectivity index (χ0v) is 15.3. The number of benzene rings is 2. The van der Waals surface area contributed by atoms with Gasteiger partial charge >= 0.3 is 0 Å². The highest BCUT2D eigenvalue weighted by atomic mass is 127. The number of aryl methyl sites for hydroxylation is 1. The second-order valence-electron chi connectivity index (χ2n) is 4.49. The molecule has 0 spiro atoms. The first-order valence-corrected chi connectivity index (χ1v) is 8.37. The fourth-order valence-corrected chi connectivity index (χ4v) is 2.75. The topological polar surface area (TPSA) is 38.3 Å². The molecule has 2 aromatic carbocycles. The van der Waals surface area contributed by atoms with Crippen molar-refractivity contribution in [1.29, 1.82) is 0 Å². The van der Waals surface area contributed by atoms with Crippen molar-refractivity contribution in [3.05, 3.63) is 61.6 Å². The Morgan fingerprint density at radius 3 is 2.81 bits per heavy atom. The van der Waals surface area contributed by atoms with Gasteiger partial charge in [-0.2, -0.15) is 0 Å². The number of carbonyl (C=O) groups excluding carboxylic acids is 1. The van der Waals surface area contributed by atoms with Crippen LogP contribution in [0, 0.1) is 10.5 Å². The molecule has 2 rings (SSSR count). The molecule has 0 aromatic heterocycles. The Bertz CT molecular complexity index is 646. The third-order valence-electron chi connectivity index (χ3n) is 2.91. The zero-order valence-electron chi connectivity index (χ0n) is 11.5. The molecule has 1 N–H and O–H groups in total. The van der Waals surface area contributed by atoms with Crippen molar-refractivity contribution in [1.82, 2.24) is 5.32 Å². The van der Waals surface area contributed by atoms with Crippen LogP contribution in [-0.4, -0.2) is 19.1 Å². The number of rotatable bonds is 5. The molecule has 0 aliphatic rings. The molecule has 3 nitrogen and oxygen atoms in total. The SMILES string of the molecule is Cc1ccccc1OCCNC(=O)c1cc(Br)ccc1I. The Morgan fingerprint density at radius 2 is 2.05 bits per heavy atom. The van der Waals surface area contributed by atoms with Gasteiger partial charge in [0.05, 0.1) is 12.1 Å². The molecule has 2 aromatic rings. The molecular weight excluding hydrogens is 445 g/mol. The summed E-state index contributed by atoms with van der Waals surface area (Å²) in [6.07, 6.45) is 0.